The summed E-state index contributed by atoms with van der Waals surface area (Å²) in [6.45, 7) is 0. The molecule has 5 nitrogen and oxygen atoms in total. The molecule has 0 fully saturated rings. The van der Waals surface area contributed by atoms with Gasteiger partial charge in [-0.2, -0.15) is 0 Å². The van der Waals surface area contributed by atoms with E-state index in [4.69, 9.17) is 10.5 Å². The number of methoxy groups -OCH3 is 1. The van der Waals surface area contributed by atoms with Crippen molar-refractivity contribution >= 4 is 23.1 Å². The number of anilines is 1. The third-order valence-corrected chi connectivity index (χ3v) is 3.91. The topological polar surface area (TPSA) is 78.4 Å². The zero-order chi connectivity index (χ0) is 15.4. The van der Waals surface area contributed by atoms with E-state index in [0.29, 0.717) is 22.8 Å². The molecule has 0 aliphatic rings. The summed E-state index contributed by atoms with van der Waals surface area (Å²) in [5, 5.41) is 10.7. The van der Waals surface area contributed by atoms with Crippen molar-refractivity contribution in [2.45, 2.75) is 10.6 Å². The van der Waals surface area contributed by atoms with E-state index in [0.717, 1.165) is 11.0 Å². The molecule has 110 valence electrons. The van der Waals surface area contributed by atoms with E-state index in [2.05, 4.69) is 0 Å². The molecule has 0 saturated carbocycles. The second kappa shape index (κ2) is 6.45. The first-order valence-electron chi connectivity index (χ1n) is 6.00. The first-order chi connectivity index (χ1) is 9.99. The molecule has 0 amide bonds. The van der Waals surface area contributed by atoms with Gasteiger partial charge < -0.3 is 10.5 Å². The third kappa shape index (κ3) is 3.85. The first-order valence-corrected chi connectivity index (χ1v) is 6.98. The third-order valence-electron chi connectivity index (χ3n) is 2.77. The fourth-order valence-electron chi connectivity index (χ4n) is 1.75. The molecular weight excluding hydrogens is 295 g/mol. The lowest BCUT2D eigenvalue weighted by Gasteiger charge is -2.08. The molecule has 0 unspecified atom stereocenters. The van der Waals surface area contributed by atoms with Gasteiger partial charge in [-0.25, -0.2) is 4.39 Å². The smallest absolute Gasteiger partial charge is 0.272 e. The number of nitrogens with zero attached hydrogens (tertiary/aromatic N) is 1. The van der Waals surface area contributed by atoms with Crippen LogP contribution in [0.15, 0.2) is 41.3 Å². The van der Waals surface area contributed by atoms with Crippen molar-refractivity contribution in [3.8, 4) is 5.75 Å². The predicted molar refractivity (Wildman–Crippen MR) is 80.0 cm³/mol. The molecule has 0 saturated heterocycles. The molecule has 0 heterocycles. The Morgan fingerprint density at radius 2 is 2.10 bits per heavy atom. The Kier molecular flexibility index (Phi) is 4.64. The molecule has 2 N–H and O–H groups in total. The van der Waals surface area contributed by atoms with Gasteiger partial charge in [0.05, 0.1) is 18.1 Å². The number of nitrogens with two attached hydrogens (primary N) is 1. The van der Waals surface area contributed by atoms with Crippen molar-refractivity contribution in [1.29, 1.82) is 0 Å². The van der Waals surface area contributed by atoms with E-state index in [1.165, 1.54) is 23.9 Å². The van der Waals surface area contributed by atoms with Crippen LogP contribution in [0.5, 0.6) is 5.75 Å². The summed E-state index contributed by atoms with van der Waals surface area (Å²) < 4.78 is 18.5. The minimum Gasteiger partial charge on any atom is -0.497 e. The molecule has 0 atom stereocenters. The number of non-ortho nitro benzene ring substituents is 1. The highest BCUT2D eigenvalue weighted by atomic mass is 32.2. The summed E-state index contributed by atoms with van der Waals surface area (Å²) >= 11 is 1.36. The van der Waals surface area contributed by atoms with Crippen molar-refractivity contribution in [2.75, 3.05) is 12.8 Å². The van der Waals surface area contributed by atoms with Crippen LogP contribution in [0.25, 0.3) is 0 Å². The van der Waals surface area contributed by atoms with E-state index in [1.54, 1.807) is 25.3 Å². The zero-order valence-electron chi connectivity index (χ0n) is 11.2. The van der Waals surface area contributed by atoms with Gasteiger partial charge in [0.1, 0.15) is 11.6 Å². The summed E-state index contributed by atoms with van der Waals surface area (Å²) in [6, 6.07) is 8.76. The van der Waals surface area contributed by atoms with Crippen LogP contribution in [0.4, 0.5) is 15.8 Å². The minimum atomic E-state index is -0.626. The average Bonchev–Trinajstić information content (AvgIpc) is 2.46. The summed E-state index contributed by atoms with van der Waals surface area (Å²) in [5.74, 6) is 0.408. The number of hydrogen-bond acceptors (Lipinski definition) is 5. The van der Waals surface area contributed by atoms with Gasteiger partial charge in [-0.3, -0.25) is 10.1 Å². The Bertz CT molecular complexity index is 679. The maximum Gasteiger partial charge on any atom is 0.272 e. The molecule has 7 heteroatoms. The quantitative estimate of drug-likeness (QED) is 0.395. The van der Waals surface area contributed by atoms with Gasteiger partial charge in [-0.15, -0.1) is 11.8 Å². The molecule has 21 heavy (non-hydrogen) atoms. The highest BCUT2D eigenvalue weighted by molar-refractivity contribution is 7.98. The summed E-state index contributed by atoms with van der Waals surface area (Å²) in [4.78, 5) is 10.9. The summed E-state index contributed by atoms with van der Waals surface area (Å²) in [5.41, 5.74) is 6.70. The van der Waals surface area contributed by atoms with Crippen LogP contribution < -0.4 is 10.5 Å². The van der Waals surface area contributed by atoms with Gasteiger partial charge >= 0.3 is 0 Å². The van der Waals surface area contributed by atoms with Crippen LogP contribution in [0, 0.1) is 15.9 Å². The number of ether oxygens (including phenoxy) is 1. The number of halogens is 1. The number of nitro benzene ring substituents is 1. The molecule has 0 aliphatic heterocycles. The van der Waals surface area contributed by atoms with E-state index in [-0.39, 0.29) is 5.69 Å². The van der Waals surface area contributed by atoms with Crippen LogP contribution in [-0.4, -0.2) is 12.0 Å². The SMILES string of the molecule is COc1ccc(N)c(SCc2cc(F)cc([N+](=O)[O-])c2)c1. The number of nitro groups is 1. The fourth-order valence-corrected chi connectivity index (χ4v) is 2.67. The standard InChI is InChI=1S/C14H13FN2O3S/c1-20-12-2-3-13(16)14(7-12)21-8-9-4-10(15)6-11(5-9)17(18)19/h2-7H,8,16H2,1H3. The molecule has 2 aromatic carbocycles. The number of benzene rings is 2. The molecule has 2 rings (SSSR count). The highest BCUT2D eigenvalue weighted by Crippen LogP contribution is 2.32. The number of rotatable bonds is 5. The number of hydrogen-bond donors (Lipinski definition) is 1. The second-order valence-electron chi connectivity index (χ2n) is 4.27. The average molecular weight is 308 g/mol. The van der Waals surface area contributed by atoms with Crippen LogP contribution in [0.1, 0.15) is 5.56 Å². The van der Waals surface area contributed by atoms with E-state index >= 15 is 0 Å². The van der Waals surface area contributed by atoms with E-state index in [9.17, 15) is 14.5 Å². The van der Waals surface area contributed by atoms with Crippen molar-refractivity contribution in [3.63, 3.8) is 0 Å². The van der Waals surface area contributed by atoms with Crippen LogP contribution in [0.2, 0.25) is 0 Å². The highest BCUT2D eigenvalue weighted by Gasteiger charge is 2.11. The summed E-state index contributed by atoms with van der Waals surface area (Å²) in [6.07, 6.45) is 0. The largest absolute Gasteiger partial charge is 0.497 e. The Hall–Kier alpha value is -2.28. The van der Waals surface area contributed by atoms with Crippen molar-refractivity contribution < 1.29 is 14.1 Å². The van der Waals surface area contributed by atoms with Gasteiger partial charge in [0, 0.05) is 22.4 Å². The van der Waals surface area contributed by atoms with Crippen LogP contribution in [0.3, 0.4) is 0 Å². The molecule has 0 radical (unpaired) electrons. The van der Waals surface area contributed by atoms with Gasteiger partial charge in [0.2, 0.25) is 0 Å². The van der Waals surface area contributed by atoms with Gasteiger partial charge in [0.15, 0.2) is 0 Å². The number of nitrogen functional groups attached to an aromatic ring is 1. The maximum absolute atomic E-state index is 13.4. The first kappa shape index (κ1) is 15.1. The van der Waals surface area contributed by atoms with Crippen molar-refractivity contribution in [2.24, 2.45) is 0 Å². The molecule has 0 bridgehead atoms. The Labute approximate surface area is 125 Å². The molecule has 2 aromatic rings. The Morgan fingerprint density at radius 1 is 1.33 bits per heavy atom. The van der Waals surface area contributed by atoms with Gasteiger partial charge in [0.25, 0.3) is 5.69 Å². The lowest BCUT2D eigenvalue weighted by Crippen LogP contribution is -1.93. The molecule has 0 spiro atoms. The lowest BCUT2D eigenvalue weighted by molar-refractivity contribution is -0.385. The Balaban J connectivity index is 2.18. The minimum absolute atomic E-state index is 0.260. The van der Waals surface area contributed by atoms with Crippen LogP contribution >= 0.6 is 11.8 Å². The van der Waals surface area contributed by atoms with E-state index < -0.39 is 10.7 Å². The second-order valence-corrected chi connectivity index (χ2v) is 5.28. The fraction of sp³-hybridized carbons (Fsp3) is 0.143. The predicted octanol–water partition coefficient (Wildman–Crippen LogP) is 3.62. The molecule has 0 aliphatic carbocycles. The van der Waals surface area contributed by atoms with Gasteiger partial charge in [-0.05, 0) is 29.8 Å². The molecular formula is C14H13FN2O3S. The van der Waals surface area contributed by atoms with Crippen molar-refractivity contribution in [1.82, 2.24) is 0 Å². The van der Waals surface area contributed by atoms with Crippen LogP contribution in [-0.2, 0) is 5.75 Å². The molecule has 0 aromatic heterocycles. The lowest BCUT2D eigenvalue weighted by atomic mass is 10.2. The van der Waals surface area contributed by atoms with E-state index in [1.807, 2.05) is 0 Å². The van der Waals surface area contributed by atoms with Gasteiger partial charge in [-0.1, -0.05) is 0 Å². The normalized spacial score (nSPS) is 10.4. The monoisotopic (exact) mass is 308 g/mol. The van der Waals surface area contributed by atoms with Crippen molar-refractivity contribution in [3.05, 3.63) is 57.9 Å². The maximum atomic E-state index is 13.4. The Morgan fingerprint density at radius 3 is 2.76 bits per heavy atom. The summed E-state index contributed by atoms with van der Waals surface area (Å²) in [7, 11) is 1.55. The number of thioether (sulfide) groups is 1. The zero-order valence-corrected chi connectivity index (χ0v) is 12.0.